The summed E-state index contributed by atoms with van der Waals surface area (Å²) < 4.78 is 17.8. The van der Waals surface area contributed by atoms with Gasteiger partial charge in [0.2, 0.25) is 0 Å². The van der Waals surface area contributed by atoms with E-state index in [4.69, 9.17) is 4.52 Å². The molecule has 4 nitrogen and oxygen atoms in total. The summed E-state index contributed by atoms with van der Waals surface area (Å²) in [6.45, 7) is 3.76. The van der Waals surface area contributed by atoms with Crippen molar-refractivity contribution in [1.82, 2.24) is 10.5 Å². The third kappa shape index (κ3) is 2.74. The second kappa shape index (κ2) is 5.00. The number of rotatable bonds is 3. The molecule has 0 aliphatic rings. The second-order valence-corrected chi connectivity index (χ2v) is 4.07. The van der Waals surface area contributed by atoms with Crippen molar-refractivity contribution in [3.05, 3.63) is 52.7 Å². The number of nitrogens with zero attached hydrogens (tertiary/aromatic N) is 1. The van der Waals surface area contributed by atoms with Crippen molar-refractivity contribution in [2.24, 2.45) is 0 Å². The van der Waals surface area contributed by atoms with E-state index >= 15 is 0 Å². The minimum atomic E-state index is -0.351. The molecule has 1 amide bonds. The van der Waals surface area contributed by atoms with Gasteiger partial charge in [-0.3, -0.25) is 4.79 Å². The number of hydrogen-bond donors (Lipinski definition) is 1. The van der Waals surface area contributed by atoms with E-state index < -0.39 is 0 Å². The summed E-state index contributed by atoms with van der Waals surface area (Å²) in [7, 11) is 0. The number of nitrogens with one attached hydrogen (secondary N) is 1. The van der Waals surface area contributed by atoms with Crippen LogP contribution >= 0.6 is 0 Å². The van der Waals surface area contributed by atoms with Crippen molar-refractivity contribution in [2.75, 3.05) is 0 Å². The molecule has 0 saturated heterocycles. The van der Waals surface area contributed by atoms with E-state index in [0.29, 0.717) is 22.6 Å². The molecule has 0 aliphatic carbocycles. The van der Waals surface area contributed by atoms with Gasteiger partial charge < -0.3 is 9.84 Å². The lowest BCUT2D eigenvalue weighted by molar-refractivity contribution is 0.0949. The molecule has 0 saturated carbocycles. The number of benzene rings is 1. The summed E-state index contributed by atoms with van der Waals surface area (Å²) in [6.07, 6.45) is 0. The summed E-state index contributed by atoms with van der Waals surface area (Å²) >= 11 is 0. The van der Waals surface area contributed by atoms with Crippen LogP contribution in [-0.4, -0.2) is 11.1 Å². The lowest BCUT2D eigenvalue weighted by atomic mass is 10.1. The Morgan fingerprint density at radius 3 is 2.78 bits per heavy atom. The van der Waals surface area contributed by atoms with Gasteiger partial charge in [-0.15, -0.1) is 0 Å². The predicted octanol–water partition coefficient (Wildman–Crippen LogP) is 2.36. The quantitative estimate of drug-likeness (QED) is 0.907. The Bertz CT molecular complexity index is 578. The maximum absolute atomic E-state index is 12.9. The zero-order valence-corrected chi connectivity index (χ0v) is 10.2. The molecule has 0 atom stereocenters. The van der Waals surface area contributed by atoms with E-state index in [9.17, 15) is 9.18 Å². The van der Waals surface area contributed by atoms with Crippen LogP contribution in [0.1, 0.15) is 27.4 Å². The lowest BCUT2D eigenvalue weighted by Gasteiger charge is -2.06. The first-order chi connectivity index (χ1) is 8.56. The highest BCUT2D eigenvalue weighted by molar-refractivity contribution is 5.95. The lowest BCUT2D eigenvalue weighted by Crippen LogP contribution is -2.23. The van der Waals surface area contributed by atoms with Crippen LogP contribution in [0.2, 0.25) is 0 Å². The van der Waals surface area contributed by atoms with Crippen LogP contribution in [-0.2, 0) is 6.54 Å². The highest BCUT2D eigenvalue weighted by Crippen LogP contribution is 2.10. The van der Waals surface area contributed by atoms with Gasteiger partial charge in [0.15, 0.2) is 0 Å². The summed E-state index contributed by atoms with van der Waals surface area (Å²) in [5.74, 6) is 0.0848. The zero-order valence-electron chi connectivity index (χ0n) is 10.2. The molecule has 2 rings (SSSR count). The monoisotopic (exact) mass is 248 g/mol. The molecular formula is C13H13FN2O2. The Morgan fingerprint density at radius 1 is 1.39 bits per heavy atom. The zero-order chi connectivity index (χ0) is 13.1. The van der Waals surface area contributed by atoms with Gasteiger partial charge >= 0.3 is 0 Å². The molecule has 0 fully saturated rings. The van der Waals surface area contributed by atoms with Crippen molar-refractivity contribution in [3.8, 4) is 0 Å². The highest BCUT2D eigenvalue weighted by Gasteiger charge is 2.10. The van der Waals surface area contributed by atoms with E-state index in [0.717, 1.165) is 0 Å². The van der Waals surface area contributed by atoms with Gasteiger partial charge in [-0.25, -0.2) is 4.39 Å². The van der Waals surface area contributed by atoms with Gasteiger partial charge in [0, 0.05) is 11.6 Å². The van der Waals surface area contributed by atoms with Gasteiger partial charge in [-0.2, -0.15) is 0 Å². The average molecular weight is 248 g/mol. The van der Waals surface area contributed by atoms with Crippen molar-refractivity contribution < 1.29 is 13.7 Å². The molecule has 1 aromatic heterocycles. The molecular weight excluding hydrogens is 235 g/mol. The maximum Gasteiger partial charge on any atom is 0.251 e. The number of carbonyl (C=O) groups is 1. The molecule has 1 N–H and O–H groups in total. The van der Waals surface area contributed by atoms with E-state index in [1.807, 2.05) is 0 Å². The SMILES string of the molecule is Cc1cc(CNC(=O)c2ccc(F)cc2C)no1. The normalized spacial score (nSPS) is 10.4. The van der Waals surface area contributed by atoms with Crippen LogP contribution in [0.3, 0.4) is 0 Å². The first-order valence-electron chi connectivity index (χ1n) is 5.53. The number of aryl methyl sites for hydroxylation is 2. The Balaban J connectivity index is 2.03. The van der Waals surface area contributed by atoms with Crippen molar-refractivity contribution >= 4 is 5.91 Å². The molecule has 0 aliphatic heterocycles. The maximum atomic E-state index is 12.9. The van der Waals surface area contributed by atoms with Crippen molar-refractivity contribution in [2.45, 2.75) is 20.4 Å². The molecule has 1 aromatic carbocycles. The summed E-state index contributed by atoms with van der Waals surface area (Å²) in [6, 6.07) is 5.81. The molecule has 0 bridgehead atoms. The Kier molecular flexibility index (Phi) is 3.41. The van der Waals surface area contributed by atoms with E-state index in [-0.39, 0.29) is 18.3 Å². The van der Waals surface area contributed by atoms with Crippen LogP contribution in [0.5, 0.6) is 0 Å². The molecule has 0 unspecified atom stereocenters. The first-order valence-corrected chi connectivity index (χ1v) is 5.53. The molecule has 0 radical (unpaired) electrons. The van der Waals surface area contributed by atoms with Crippen LogP contribution in [0, 0.1) is 19.7 Å². The number of aromatic nitrogens is 1. The fourth-order valence-corrected chi connectivity index (χ4v) is 1.65. The minimum absolute atomic E-state index is 0.256. The van der Waals surface area contributed by atoms with E-state index in [2.05, 4.69) is 10.5 Å². The number of halogens is 1. The van der Waals surface area contributed by atoms with Crippen LogP contribution in [0.25, 0.3) is 0 Å². The summed E-state index contributed by atoms with van der Waals surface area (Å²) in [5.41, 5.74) is 1.71. The fraction of sp³-hybridized carbons (Fsp3) is 0.231. The number of carbonyl (C=O) groups excluding carboxylic acids is 1. The Hall–Kier alpha value is -2.17. The molecule has 2 aromatic rings. The molecule has 5 heteroatoms. The van der Waals surface area contributed by atoms with Crippen molar-refractivity contribution in [3.63, 3.8) is 0 Å². The molecule has 0 spiro atoms. The van der Waals surface area contributed by atoms with Crippen molar-refractivity contribution in [1.29, 1.82) is 0 Å². The smallest absolute Gasteiger partial charge is 0.251 e. The van der Waals surface area contributed by atoms with E-state index in [1.54, 1.807) is 19.9 Å². The highest BCUT2D eigenvalue weighted by atomic mass is 19.1. The third-order valence-electron chi connectivity index (χ3n) is 2.54. The topological polar surface area (TPSA) is 55.1 Å². The van der Waals surface area contributed by atoms with Crippen LogP contribution < -0.4 is 5.32 Å². The predicted molar refractivity (Wildman–Crippen MR) is 63.5 cm³/mol. The largest absolute Gasteiger partial charge is 0.361 e. The number of amides is 1. The van der Waals surface area contributed by atoms with Gasteiger partial charge in [-0.05, 0) is 37.6 Å². The standard InChI is InChI=1S/C13H13FN2O2/c1-8-5-10(14)3-4-12(8)13(17)15-7-11-6-9(2)18-16-11/h3-6H,7H2,1-2H3,(H,15,17). The Labute approximate surface area is 104 Å². The fourth-order valence-electron chi connectivity index (χ4n) is 1.65. The van der Waals surface area contributed by atoms with Crippen LogP contribution in [0.4, 0.5) is 4.39 Å². The van der Waals surface area contributed by atoms with Gasteiger partial charge in [0.05, 0.1) is 6.54 Å². The van der Waals surface area contributed by atoms with Crippen LogP contribution in [0.15, 0.2) is 28.8 Å². The number of hydrogen-bond acceptors (Lipinski definition) is 3. The molecule has 94 valence electrons. The molecule has 18 heavy (non-hydrogen) atoms. The molecule has 1 heterocycles. The second-order valence-electron chi connectivity index (χ2n) is 4.07. The average Bonchev–Trinajstić information content (AvgIpc) is 2.72. The van der Waals surface area contributed by atoms with Gasteiger partial charge in [-0.1, -0.05) is 5.16 Å². The van der Waals surface area contributed by atoms with E-state index in [1.165, 1.54) is 18.2 Å². The summed E-state index contributed by atoms with van der Waals surface area (Å²) in [4.78, 5) is 11.9. The third-order valence-corrected chi connectivity index (χ3v) is 2.54. The van der Waals surface area contributed by atoms with Gasteiger partial charge in [0.1, 0.15) is 17.3 Å². The summed E-state index contributed by atoms with van der Waals surface area (Å²) in [5, 5.41) is 6.47. The first kappa shape index (κ1) is 12.3. The van der Waals surface area contributed by atoms with Gasteiger partial charge in [0.25, 0.3) is 5.91 Å². The minimum Gasteiger partial charge on any atom is -0.361 e. The Morgan fingerprint density at radius 2 is 2.17 bits per heavy atom.